The lowest BCUT2D eigenvalue weighted by Crippen LogP contribution is -2.15. The van der Waals surface area contributed by atoms with Crippen LogP contribution in [0.15, 0.2) is 67.0 Å². The van der Waals surface area contributed by atoms with Gasteiger partial charge in [-0.15, -0.1) is 0 Å². The summed E-state index contributed by atoms with van der Waals surface area (Å²) in [7, 11) is 0. The van der Waals surface area contributed by atoms with Crippen LogP contribution in [0.3, 0.4) is 0 Å². The molecule has 4 aromatic rings. The van der Waals surface area contributed by atoms with E-state index in [4.69, 9.17) is 11.6 Å². The van der Waals surface area contributed by atoms with Gasteiger partial charge in [-0.1, -0.05) is 41.9 Å². The highest BCUT2D eigenvalue weighted by Crippen LogP contribution is 2.32. The quantitative estimate of drug-likeness (QED) is 0.439. The van der Waals surface area contributed by atoms with Crippen molar-refractivity contribution < 1.29 is 0 Å². The summed E-state index contributed by atoms with van der Waals surface area (Å²) in [6.45, 7) is 6.22. The highest BCUT2D eigenvalue weighted by atomic mass is 35.5. The molecule has 0 bridgehead atoms. The van der Waals surface area contributed by atoms with Crippen molar-refractivity contribution in [3.63, 3.8) is 0 Å². The summed E-state index contributed by atoms with van der Waals surface area (Å²) < 4.78 is 0. The number of benzene rings is 2. The second kappa shape index (κ2) is 7.61. The largest absolute Gasteiger partial charge is 0.359 e. The van der Waals surface area contributed by atoms with E-state index in [2.05, 4.69) is 72.5 Å². The Kier molecular flexibility index (Phi) is 5.01. The van der Waals surface area contributed by atoms with Crippen LogP contribution < -0.4 is 5.32 Å². The number of nitrogens with zero attached hydrogens (tertiary/aromatic N) is 2. The average molecular weight is 388 g/mol. The second-order valence-corrected chi connectivity index (χ2v) is 7.55. The summed E-state index contributed by atoms with van der Waals surface area (Å²) in [5.41, 5.74) is 6.67. The second-order valence-electron chi connectivity index (χ2n) is 7.14. The van der Waals surface area contributed by atoms with Crippen LogP contribution in [0.1, 0.15) is 33.9 Å². The molecule has 0 aliphatic heterocycles. The number of rotatable bonds is 4. The van der Waals surface area contributed by atoms with Crippen LogP contribution in [0, 0.1) is 20.8 Å². The van der Waals surface area contributed by atoms with Gasteiger partial charge in [0.15, 0.2) is 0 Å². The van der Waals surface area contributed by atoms with E-state index in [0.29, 0.717) is 0 Å². The van der Waals surface area contributed by atoms with Crippen LogP contribution in [0.5, 0.6) is 0 Å². The molecule has 0 aliphatic carbocycles. The number of halogens is 1. The maximum atomic E-state index is 6.43. The monoisotopic (exact) mass is 387 g/mol. The Morgan fingerprint density at radius 1 is 0.893 bits per heavy atom. The zero-order valence-corrected chi connectivity index (χ0v) is 17.0. The van der Waals surface area contributed by atoms with Gasteiger partial charge in [0.25, 0.3) is 0 Å². The van der Waals surface area contributed by atoms with Crippen molar-refractivity contribution in [2.75, 3.05) is 5.32 Å². The number of hydrogen-bond acceptors (Lipinski definition) is 3. The third kappa shape index (κ3) is 3.58. The van der Waals surface area contributed by atoms with Crippen molar-refractivity contribution in [1.82, 2.24) is 9.97 Å². The maximum absolute atomic E-state index is 6.43. The molecule has 0 amide bonds. The topological polar surface area (TPSA) is 37.8 Å². The lowest BCUT2D eigenvalue weighted by Gasteiger charge is -2.23. The first-order chi connectivity index (χ1) is 13.5. The van der Waals surface area contributed by atoms with E-state index in [-0.39, 0.29) is 6.04 Å². The van der Waals surface area contributed by atoms with Crippen LogP contribution in [0.25, 0.3) is 10.9 Å². The lowest BCUT2D eigenvalue weighted by atomic mass is 9.94. The number of nitrogens with one attached hydrogen (secondary N) is 1. The van der Waals surface area contributed by atoms with Crippen LogP contribution in [0.2, 0.25) is 5.02 Å². The minimum Gasteiger partial charge on any atom is -0.359 e. The normalized spacial score (nSPS) is 12.1. The molecular weight excluding hydrogens is 366 g/mol. The first kappa shape index (κ1) is 18.5. The molecule has 2 aromatic heterocycles. The molecule has 0 fully saturated rings. The molecule has 2 heterocycles. The fourth-order valence-corrected chi connectivity index (χ4v) is 3.57. The molecule has 1 N–H and O–H groups in total. The summed E-state index contributed by atoms with van der Waals surface area (Å²) in [4.78, 5) is 9.11. The van der Waals surface area contributed by atoms with Crippen molar-refractivity contribution in [3.05, 3.63) is 99.8 Å². The molecule has 28 heavy (non-hydrogen) atoms. The Labute approximate surface area is 170 Å². The molecule has 2 aromatic carbocycles. The molecule has 0 saturated carbocycles. The zero-order valence-electron chi connectivity index (χ0n) is 16.2. The Balaban J connectivity index is 1.84. The molecule has 1 atom stereocenters. The van der Waals surface area contributed by atoms with Crippen molar-refractivity contribution in [2.24, 2.45) is 0 Å². The first-order valence-electron chi connectivity index (χ1n) is 9.32. The molecule has 3 nitrogen and oxygen atoms in total. The predicted molar refractivity (Wildman–Crippen MR) is 117 cm³/mol. The predicted octanol–water partition coefficient (Wildman–Crippen LogP) is 6.41. The summed E-state index contributed by atoms with van der Waals surface area (Å²) in [6.07, 6.45) is 3.73. The molecule has 0 aliphatic rings. The molecule has 0 saturated heterocycles. The molecule has 140 valence electrons. The number of pyridine rings is 2. The van der Waals surface area contributed by atoms with Crippen molar-refractivity contribution in [3.8, 4) is 0 Å². The Bertz CT molecular complexity index is 1150. The number of aromatic nitrogens is 2. The molecule has 4 rings (SSSR count). The van der Waals surface area contributed by atoms with Gasteiger partial charge < -0.3 is 5.32 Å². The molecular formula is C24H22ClN3. The fourth-order valence-electron chi connectivity index (χ4n) is 3.39. The molecule has 0 radical (unpaired) electrons. The fraction of sp³-hybridized carbons (Fsp3) is 0.167. The summed E-state index contributed by atoms with van der Waals surface area (Å²) >= 11 is 6.43. The van der Waals surface area contributed by atoms with E-state index < -0.39 is 0 Å². The van der Waals surface area contributed by atoms with Crippen molar-refractivity contribution >= 4 is 28.3 Å². The summed E-state index contributed by atoms with van der Waals surface area (Å²) in [5, 5.41) is 5.50. The number of aryl methyl sites for hydroxylation is 2. The first-order valence-corrected chi connectivity index (χ1v) is 9.70. The maximum Gasteiger partial charge on any atom is 0.126 e. The van der Waals surface area contributed by atoms with Gasteiger partial charge in [-0.25, -0.2) is 4.98 Å². The van der Waals surface area contributed by atoms with Gasteiger partial charge in [0.05, 0.1) is 11.6 Å². The van der Waals surface area contributed by atoms with Gasteiger partial charge in [-0.05, 0) is 72.9 Å². The number of fused-ring (bicyclic) bond motifs is 1. The standard InChI is InChI=1S/C24H22ClN3/c1-15-12-23(27-14-16(15)2)28-24(20-7-4-8-21(25)17(20)3)19-10-9-18-6-5-11-26-22(18)13-19/h4-14,24H,1-3H3,(H,27,28). The third-order valence-electron chi connectivity index (χ3n) is 5.25. The Morgan fingerprint density at radius 2 is 1.75 bits per heavy atom. The van der Waals surface area contributed by atoms with Crippen LogP contribution >= 0.6 is 11.6 Å². The van der Waals surface area contributed by atoms with Gasteiger partial charge >= 0.3 is 0 Å². The van der Waals surface area contributed by atoms with Gasteiger partial charge in [0.1, 0.15) is 5.82 Å². The molecule has 1 unspecified atom stereocenters. The van der Waals surface area contributed by atoms with Gasteiger partial charge in [0, 0.05) is 22.8 Å². The molecule has 0 spiro atoms. The third-order valence-corrected chi connectivity index (χ3v) is 5.66. The van der Waals surface area contributed by atoms with E-state index in [1.165, 1.54) is 11.1 Å². The smallest absolute Gasteiger partial charge is 0.126 e. The van der Waals surface area contributed by atoms with Crippen molar-refractivity contribution in [1.29, 1.82) is 0 Å². The van der Waals surface area contributed by atoms with Gasteiger partial charge in [-0.2, -0.15) is 0 Å². The zero-order chi connectivity index (χ0) is 19.7. The van der Waals surface area contributed by atoms with Crippen LogP contribution in [-0.4, -0.2) is 9.97 Å². The van der Waals surface area contributed by atoms with Crippen LogP contribution in [-0.2, 0) is 0 Å². The Hall–Kier alpha value is -2.91. The minimum absolute atomic E-state index is 0.0836. The highest BCUT2D eigenvalue weighted by molar-refractivity contribution is 6.31. The number of hydrogen-bond donors (Lipinski definition) is 1. The van der Waals surface area contributed by atoms with Crippen molar-refractivity contribution in [2.45, 2.75) is 26.8 Å². The van der Waals surface area contributed by atoms with E-state index >= 15 is 0 Å². The summed E-state index contributed by atoms with van der Waals surface area (Å²) in [5.74, 6) is 0.841. The van der Waals surface area contributed by atoms with E-state index in [1.54, 1.807) is 0 Å². The summed E-state index contributed by atoms with van der Waals surface area (Å²) in [6, 6.07) is 18.4. The van der Waals surface area contributed by atoms with Gasteiger partial charge in [0.2, 0.25) is 0 Å². The van der Waals surface area contributed by atoms with Crippen LogP contribution in [0.4, 0.5) is 5.82 Å². The van der Waals surface area contributed by atoms with E-state index in [9.17, 15) is 0 Å². The minimum atomic E-state index is -0.0836. The SMILES string of the molecule is Cc1cnc(NC(c2ccc3cccnc3c2)c2cccc(Cl)c2C)cc1C. The Morgan fingerprint density at radius 3 is 2.57 bits per heavy atom. The van der Waals surface area contributed by atoms with E-state index in [1.807, 2.05) is 30.6 Å². The molecule has 4 heteroatoms. The highest BCUT2D eigenvalue weighted by Gasteiger charge is 2.19. The van der Waals surface area contributed by atoms with Gasteiger partial charge in [-0.3, -0.25) is 4.98 Å². The van der Waals surface area contributed by atoms with E-state index in [0.717, 1.165) is 38.4 Å². The average Bonchev–Trinajstić information content (AvgIpc) is 2.71. The number of anilines is 1. The lowest BCUT2D eigenvalue weighted by molar-refractivity contribution is 0.914.